The van der Waals surface area contributed by atoms with E-state index in [4.69, 9.17) is 4.74 Å². The molecule has 1 atom stereocenters. The molecule has 1 aromatic carbocycles. The van der Waals surface area contributed by atoms with E-state index in [1.54, 1.807) is 12.1 Å². The van der Waals surface area contributed by atoms with Crippen LogP contribution in [0.3, 0.4) is 0 Å². The van der Waals surface area contributed by atoms with E-state index in [0.29, 0.717) is 18.6 Å². The molecule has 1 saturated heterocycles. The van der Waals surface area contributed by atoms with Gasteiger partial charge in [0, 0.05) is 12.0 Å². The molecule has 1 aliphatic rings. The van der Waals surface area contributed by atoms with Crippen LogP contribution in [0.4, 0.5) is 4.79 Å². The highest BCUT2D eigenvalue weighted by Crippen LogP contribution is 2.34. The van der Waals surface area contributed by atoms with Crippen LogP contribution in [0.1, 0.15) is 18.0 Å². The molecule has 1 heterocycles. The number of phenolic OH excluding ortho intramolecular Hbond substituents is 2. The summed E-state index contributed by atoms with van der Waals surface area (Å²) in [6.45, 7) is 0.311. The molecule has 1 aliphatic heterocycles. The molecular formula is C10H11NO4. The molecular weight excluding hydrogens is 198 g/mol. The maximum absolute atomic E-state index is 11.0. The number of rotatable bonds is 1. The number of nitrogens with one attached hydrogen (secondary N) is 1. The van der Waals surface area contributed by atoms with Crippen molar-refractivity contribution in [3.63, 3.8) is 0 Å². The molecule has 3 N–H and O–H groups in total. The third-order valence-electron chi connectivity index (χ3n) is 2.35. The minimum atomic E-state index is -0.506. The molecule has 0 aromatic heterocycles. The fourth-order valence-electron chi connectivity index (χ4n) is 1.59. The van der Waals surface area contributed by atoms with E-state index in [2.05, 4.69) is 5.32 Å². The van der Waals surface area contributed by atoms with E-state index in [1.807, 2.05) is 0 Å². The number of alkyl carbamates (subject to hydrolysis) is 1. The highest BCUT2D eigenvalue weighted by atomic mass is 16.5. The van der Waals surface area contributed by atoms with Crippen molar-refractivity contribution >= 4 is 6.09 Å². The molecule has 0 aliphatic carbocycles. The van der Waals surface area contributed by atoms with Crippen LogP contribution in [0.15, 0.2) is 18.2 Å². The summed E-state index contributed by atoms with van der Waals surface area (Å²) in [5.41, 5.74) is 0.506. The minimum Gasteiger partial charge on any atom is -0.504 e. The summed E-state index contributed by atoms with van der Waals surface area (Å²) in [6, 6.07) is 4.36. The number of cyclic esters (lactones) is 1. The largest absolute Gasteiger partial charge is 0.504 e. The Balaban J connectivity index is 2.28. The highest BCUT2D eigenvalue weighted by molar-refractivity contribution is 5.69. The van der Waals surface area contributed by atoms with Crippen LogP contribution in [0, 0.1) is 0 Å². The lowest BCUT2D eigenvalue weighted by atomic mass is 10.0. The molecule has 5 nitrogen and oxygen atoms in total. The summed E-state index contributed by atoms with van der Waals surface area (Å²) in [7, 11) is 0. The second-order valence-corrected chi connectivity index (χ2v) is 3.34. The van der Waals surface area contributed by atoms with Crippen LogP contribution in [0.5, 0.6) is 11.5 Å². The van der Waals surface area contributed by atoms with Crippen LogP contribution in [-0.2, 0) is 4.74 Å². The molecule has 80 valence electrons. The Morgan fingerprint density at radius 3 is 2.93 bits per heavy atom. The number of hydrogen-bond acceptors (Lipinski definition) is 4. The summed E-state index contributed by atoms with van der Waals surface area (Å²) in [6.07, 6.45) is 0.0666. The topological polar surface area (TPSA) is 78.8 Å². The van der Waals surface area contributed by atoms with Gasteiger partial charge in [0.25, 0.3) is 0 Å². The predicted octanol–water partition coefficient (Wildman–Crippen LogP) is 1.27. The Hall–Kier alpha value is -1.91. The molecule has 0 radical (unpaired) electrons. The van der Waals surface area contributed by atoms with Crippen molar-refractivity contribution in [1.82, 2.24) is 5.32 Å². The van der Waals surface area contributed by atoms with E-state index >= 15 is 0 Å². The van der Waals surface area contributed by atoms with Crippen LogP contribution < -0.4 is 5.32 Å². The number of para-hydroxylation sites is 1. The van der Waals surface area contributed by atoms with Crippen LogP contribution in [0.25, 0.3) is 0 Å². The number of carbonyl (C=O) groups excluding carboxylic acids is 1. The van der Waals surface area contributed by atoms with Crippen molar-refractivity contribution < 1.29 is 19.7 Å². The van der Waals surface area contributed by atoms with Crippen molar-refractivity contribution in [3.05, 3.63) is 23.8 Å². The fraction of sp³-hybridized carbons (Fsp3) is 0.300. The van der Waals surface area contributed by atoms with Gasteiger partial charge >= 0.3 is 6.09 Å². The fourth-order valence-corrected chi connectivity index (χ4v) is 1.59. The van der Waals surface area contributed by atoms with Gasteiger partial charge in [0.1, 0.15) is 0 Å². The van der Waals surface area contributed by atoms with Gasteiger partial charge in [0.15, 0.2) is 11.5 Å². The van der Waals surface area contributed by atoms with Crippen molar-refractivity contribution in [3.8, 4) is 11.5 Å². The number of phenols is 2. The zero-order valence-electron chi connectivity index (χ0n) is 7.93. The van der Waals surface area contributed by atoms with E-state index in [1.165, 1.54) is 6.07 Å². The second kappa shape index (κ2) is 3.68. The van der Waals surface area contributed by atoms with Crippen molar-refractivity contribution in [2.45, 2.75) is 12.5 Å². The van der Waals surface area contributed by atoms with Crippen molar-refractivity contribution in [2.75, 3.05) is 6.61 Å². The van der Waals surface area contributed by atoms with Gasteiger partial charge < -0.3 is 20.3 Å². The SMILES string of the molecule is O=C1N[C@@H](c2cccc(O)c2O)CCO1. The maximum atomic E-state index is 11.0. The molecule has 0 saturated carbocycles. The van der Waals surface area contributed by atoms with E-state index < -0.39 is 6.09 Å². The van der Waals surface area contributed by atoms with E-state index in [0.717, 1.165) is 0 Å². The summed E-state index contributed by atoms with van der Waals surface area (Å²) in [4.78, 5) is 11.0. The minimum absolute atomic E-state index is 0.187. The smallest absolute Gasteiger partial charge is 0.407 e. The number of carbonyl (C=O) groups is 1. The molecule has 15 heavy (non-hydrogen) atoms. The first-order chi connectivity index (χ1) is 7.18. The average molecular weight is 209 g/mol. The van der Waals surface area contributed by atoms with Gasteiger partial charge in [0.2, 0.25) is 0 Å². The summed E-state index contributed by atoms with van der Waals surface area (Å²) in [5, 5.41) is 21.5. The summed E-state index contributed by atoms with van der Waals surface area (Å²) in [5.74, 6) is -0.377. The first-order valence-corrected chi connectivity index (χ1v) is 4.62. The lowest BCUT2D eigenvalue weighted by Crippen LogP contribution is -2.35. The number of benzene rings is 1. The number of amides is 1. The van der Waals surface area contributed by atoms with Gasteiger partial charge in [-0.15, -0.1) is 0 Å². The van der Waals surface area contributed by atoms with Crippen molar-refractivity contribution in [2.24, 2.45) is 0 Å². The van der Waals surface area contributed by atoms with Crippen LogP contribution >= 0.6 is 0 Å². The molecule has 1 amide bonds. The second-order valence-electron chi connectivity index (χ2n) is 3.34. The predicted molar refractivity (Wildman–Crippen MR) is 51.6 cm³/mol. The molecule has 1 aromatic rings. The Bertz CT molecular complexity index is 391. The number of ether oxygens (including phenoxy) is 1. The quantitative estimate of drug-likeness (QED) is 0.608. The third-order valence-corrected chi connectivity index (χ3v) is 2.35. The Kier molecular flexibility index (Phi) is 2.37. The molecule has 0 unspecified atom stereocenters. The molecule has 2 rings (SSSR count). The van der Waals surface area contributed by atoms with Gasteiger partial charge in [-0.2, -0.15) is 0 Å². The van der Waals surface area contributed by atoms with Crippen molar-refractivity contribution in [1.29, 1.82) is 0 Å². The lowest BCUT2D eigenvalue weighted by molar-refractivity contribution is 0.115. The summed E-state index contributed by atoms with van der Waals surface area (Å²) >= 11 is 0. The lowest BCUT2D eigenvalue weighted by Gasteiger charge is -2.24. The maximum Gasteiger partial charge on any atom is 0.407 e. The van der Waals surface area contributed by atoms with Crippen LogP contribution in [-0.4, -0.2) is 22.9 Å². The zero-order valence-corrected chi connectivity index (χ0v) is 7.93. The Morgan fingerprint density at radius 1 is 1.40 bits per heavy atom. The molecule has 0 bridgehead atoms. The monoisotopic (exact) mass is 209 g/mol. The third kappa shape index (κ3) is 1.81. The standard InChI is InChI=1S/C10H11NO4/c12-8-3-1-2-6(9(8)13)7-4-5-15-10(14)11-7/h1-3,7,12-13H,4-5H2,(H,11,14)/t7-/m1/s1. The normalized spacial score (nSPS) is 20.5. The number of aromatic hydroxyl groups is 2. The molecule has 0 spiro atoms. The summed E-state index contributed by atoms with van der Waals surface area (Å²) < 4.78 is 4.71. The zero-order chi connectivity index (χ0) is 10.8. The average Bonchev–Trinajstić information content (AvgIpc) is 2.22. The Morgan fingerprint density at radius 2 is 2.20 bits per heavy atom. The van der Waals surface area contributed by atoms with Gasteiger partial charge in [-0.25, -0.2) is 4.79 Å². The van der Waals surface area contributed by atoms with Gasteiger partial charge in [0.05, 0.1) is 12.6 Å². The van der Waals surface area contributed by atoms with E-state index in [-0.39, 0.29) is 17.5 Å². The first kappa shape index (κ1) is 9.64. The Labute approximate surface area is 86.3 Å². The number of hydrogen-bond donors (Lipinski definition) is 3. The van der Waals surface area contributed by atoms with Gasteiger partial charge in [-0.3, -0.25) is 0 Å². The van der Waals surface area contributed by atoms with E-state index in [9.17, 15) is 15.0 Å². The highest BCUT2D eigenvalue weighted by Gasteiger charge is 2.23. The van der Waals surface area contributed by atoms with Gasteiger partial charge in [-0.1, -0.05) is 12.1 Å². The van der Waals surface area contributed by atoms with Crippen LogP contribution in [0.2, 0.25) is 0 Å². The first-order valence-electron chi connectivity index (χ1n) is 4.62. The molecule has 1 fully saturated rings. The van der Waals surface area contributed by atoms with Gasteiger partial charge in [-0.05, 0) is 6.07 Å². The molecule has 5 heteroatoms.